The Hall–Kier alpha value is -3.26. The van der Waals surface area contributed by atoms with Gasteiger partial charge in [0.15, 0.2) is 0 Å². The van der Waals surface area contributed by atoms with Crippen LogP contribution in [0.2, 0.25) is 0 Å². The molecule has 0 aliphatic carbocycles. The van der Waals surface area contributed by atoms with Gasteiger partial charge in [-0.2, -0.15) is 0 Å². The van der Waals surface area contributed by atoms with Crippen LogP contribution in [-0.2, 0) is 0 Å². The lowest BCUT2D eigenvalue weighted by Gasteiger charge is -2.18. The molecule has 3 N–H and O–H groups in total. The SMILES string of the molecule is C[C@H](Nc1cc(NCCN(C)C)cc(Nc2cnccn2)n1)c1ccc(F)cc1. The van der Waals surface area contributed by atoms with Gasteiger partial charge in [-0.05, 0) is 38.7 Å². The number of anilines is 4. The van der Waals surface area contributed by atoms with Gasteiger partial charge in [0.2, 0.25) is 0 Å². The minimum Gasteiger partial charge on any atom is -0.384 e. The van der Waals surface area contributed by atoms with Crippen LogP contribution in [0.1, 0.15) is 18.5 Å². The number of aromatic nitrogens is 3. The van der Waals surface area contributed by atoms with Crippen LogP contribution in [0, 0.1) is 5.82 Å². The third kappa shape index (κ3) is 6.39. The largest absolute Gasteiger partial charge is 0.384 e. The molecule has 7 nitrogen and oxygen atoms in total. The van der Waals surface area contributed by atoms with E-state index in [9.17, 15) is 4.39 Å². The van der Waals surface area contributed by atoms with Crippen LogP contribution in [0.25, 0.3) is 0 Å². The number of nitrogens with one attached hydrogen (secondary N) is 3. The van der Waals surface area contributed by atoms with Crippen molar-refractivity contribution in [2.24, 2.45) is 0 Å². The normalized spacial score (nSPS) is 11.9. The van der Waals surface area contributed by atoms with E-state index in [0.29, 0.717) is 17.5 Å². The second kappa shape index (κ2) is 9.79. The first-order valence-corrected chi connectivity index (χ1v) is 9.45. The minimum atomic E-state index is -0.248. The van der Waals surface area contributed by atoms with E-state index in [1.807, 2.05) is 33.2 Å². The first-order valence-electron chi connectivity index (χ1n) is 9.45. The molecule has 0 fully saturated rings. The summed E-state index contributed by atoms with van der Waals surface area (Å²) in [7, 11) is 4.07. The molecule has 0 saturated carbocycles. The van der Waals surface area contributed by atoms with E-state index < -0.39 is 0 Å². The molecule has 0 radical (unpaired) electrons. The highest BCUT2D eigenvalue weighted by atomic mass is 19.1. The molecule has 2 heterocycles. The van der Waals surface area contributed by atoms with Crippen molar-refractivity contribution in [3.63, 3.8) is 0 Å². The number of hydrogen-bond acceptors (Lipinski definition) is 7. The standard InChI is InChI=1S/C21H26FN7/c1-15(16-4-6-17(22)7-5-16)26-19-12-18(24-10-11-29(2)3)13-20(27-19)28-21-14-23-8-9-25-21/h4-9,12-15H,10-11H2,1-3H3,(H3,24,25,26,27,28)/t15-/m0/s1. The fourth-order valence-corrected chi connectivity index (χ4v) is 2.75. The Kier molecular flexibility index (Phi) is 6.91. The molecule has 3 aromatic rings. The summed E-state index contributed by atoms with van der Waals surface area (Å²) >= 11 is 0. The molecule has 0 spiro atoms. The molecule has 0 saturated heterocycles. The fraction of sp³-hybridized carbons (Fsp3) is 0.286. The van der Waals surface area contributed by atoms with E-state index in [2.05, 4.69) is 35.8 Å². The first kappa shape index (κ1) is 20.5. The van der Waals surface area contributed by atoms with Crippen LogP contribution in [0.15, 0.2) is 55.0 Å². The molecule has 1 atom stereocenters. The number of rotatable bonds is 9. The lowest BCUT2D eigenvalue weighted by Crippen LogP contribution is -2.21. The summed E-state index contributed by atoms with van der Waals surface area (Å²) in [6, 6.07) is 10.3. The van der Waals surface area contributed by atoms with Crippen molar-refractivity contribution in [1.29, 1.82) is 0 Å². The van der Waals surface area contributed by atoms with Gasteiger partial charge in [-0.1, -0.05) is 12.1 Å². The van der Waals surface area contributed by atoms with Gasteiger partial charge in [0.1, 0.15) is 23.3 Å². The van der Waals surface area contributed by atoms with Crippen molar-refractivity contribution >= 4 is 23.1 Å². The van der Waals surface area contributed by atoms with Crippen molar-refractivity contribution < 1.29 is 4.39 Å². The maximum Gasteiger partial charge on any atom is 0.150 e. The number of benzene rings is 1. The van der Waals surface area contributed by atoms with E-state index in [-0.39, 0.29) is 11.9 Å². The van der Waals surface area contributed by atoms with Crippen LogP contribution < -0.4 is 16.0 Å². The van der Waals surface area contributed by atoms with Gasteiger partial charge in [-0.3, -0.25) is 4.98 Å². The average Bonchev–Trinajstić information content (AvgIpc) is 2.69. The Morgan fingerprint density at radius 3 is 2.48 bits per heavy atom. The Morgan fingerprint density at radius 2 is 1.79 bits per heavy atom. The number of halogens is 1. The minimum absolute atomic E-state index is 0.0375. The third-order valence-corrected chi connectivity index (χ3v) is 4.27. The van der Waals surface area contributed by atoms with E-state index >= 15 is 0 Å². The molecule has 1 aromatic carbocycles. The van der Waals surface area contributed by atoms with Crippen LogP contribution in [-0.4, -0.2) is 47.0 Å². The van der Waals surface area contributed by atoms with Crippen molar-refractivity contribution in [3.05, 3.63) is 66.4 Å². The summed E-state index contributed by atoms with van der Waals surface area (Å²) in [5, 5.41) is 9.98. The predicted molar refractivity (Wildman–Crippen MR) is 115 cm³/mol. The summed E-state index contributed by atoms with van der Waals surface area (Å²) in [5.74, 6) is 1.71. The molecule has 0 amide bonds. The van der Waals surface area contributed by atoms with E-state index in [0.717, 1.165) is 24.3 Å². The number of nitrogens with zero attached hydrogens (tertiary/aromatic N) is 4. The fourth-order valence-electron chi connectivity index (χ4n) is 2.75. The van der Waals surface area contributed by atoms with Crippen LogP contribution in [0.3, 0.4) is 0 Å². The van der Waals surface area contributed by atoms with Crippen LogP contribution in [0.5, 0.6) is 0 Å². The average molecular weight is 395 g/mol. The summed E-state index contributed by atoms with van der Waals surface area (Å²) in [6.07, 6.45) is 4.88. The quantitative estimate of drug-likeness (QED) is 0.507. The topological polar surface area (TPSA) is 78.0 Å². The summed E-state index contributed by atoms with van der Waals surface area (Å²) in [5.41, 5.74) is 1.91. The third-order valence-electron chi connectivity index (χ3n) is 4.27. The smallest absolute Gasteiger partial charge is 0.150 e. The maximum atomic E-state index is 13.2. The Labute approximate surface area is 170 Å². The molecular weight excluding hydrogens is 369 g/mol. The van der Waals surface area contributed by atoms with Gasteiger partial charge in [-0.15, -0.1) is 0 Å². The molecule has 0 bridgehead atoms. The second-order valence-electron chi connectivity index (χ2n) is 6.99. The van der Waals surface area contributed by atoms with Crippen LogP contribution in [0.4, 0.5) is 27.5 Å². The molecule has 29 heavy (non-hydrogen) atoms. The molecule has 2 aromatic heterocycles. The summed E-state index contributed by atoms with van der Waals surface area (Å²) < 4.78 is 13.2. The van der Waals surface area contributed by atoms with Gasteiger partial charge in [0, 0.05) is 49.3 Å². The molecule has 0 aliphatic rings. The number of likely N-dealkylation sites (N-methyl/N-ethyl adjacent to an activating group) is 1. The number of pyridine rings is 1. The molecular formula is C21H26FN7. The van der Waals surface area contributed by atoms with Gasteiger partial charge in [0.05, 0.1) is 6.20 Å². The highest BCUT2D eigenvalue weighted by Gasteiger charge is 2.09. The summed E-state index contributed by atoms with van der Waals surface area (Å²) in [4.78, 5) is 15.1. The highest BCUT2D eigenvalue weighted by molar-refractivity contribution is 5.64. The molecule has 3 rings (SSSR count). The Bertz CT molecular complexity index is 901. The van der Waals surface area contributed by atoms with Gasteiger partial charge in [0.25, 0.3) is 0 Å². The van der Waals surface area contributed by atoms with E-state index in [4.69, 9.17) is 0 Å². The molecule has 0 aliphatic heterocycles. The second-order valence-corrected chi connectivity index (χ2v) is 6.99. The van der Waals surface area contributed by atoms with Crippen molar-refractivity contribution in [3.8, 4) is 0 Å². The van der Waals surface area contributed by atoms with Crippen molar-refractivity contribution in [2.75, 3.05) is 43.1 Å². The number of hydrogen-bond donors (Lipinski definition) is 3. The van der Waals surface area contributed by atoms with Crippen LogP contribution >= 0.6 is 0 Å². The lowest BCUT2D eigenvalue weighted by molar-refractivity contribution is 0.425. The first-order chi connectivity index (χ1) is 14.0. The highest BCUT2D eigenvalue weighted by Crippen LogP contribution is 2.24. The van der Waals surface area contributed by atoms with E-state index in [1.54, 1.807) is 30.7 Å². The zero-order chi connectivity index (χ0) is 20.6. The Morgan fingerprint density at radius 1 is 1.03 bits per heavy atom. The van der Waals surface area contributed by atoms with Crippen molar-refractivity contribution in [2.45, 2.75) is 13.0 Å². The molecule has 0 unspecified atom stereocenters. The van der Waals surface area contributed by atoms with E-state index in [1.165, 1.54) is 12.1 Å². The zero-order valence-electron chi connectivity index (χ0n) is 16.9. The predicted octanol–water partition coefficient (Wildman–Crippen LogP) is 3.90. The molecule has 8 heteroatoms. The monoisotopic (exact) mass is 395 g/mol. The lowest BCUT2D eigenvalue weighted by atomic mass is 10.1. The van der Waals surface area contributed by atoms with Gasteiger partial charge in [-0.25, -0.2) is 14.4 Å². The summed E-state index contributed by atoms with van der Waals surface area (Å²) in [6.45, 7) is 3.72. The van der Waals surface area contributed by atoms with Gasteiger partial charge < -0.3 is 20.9 Å². The molecule has 152 valence electrons. The zero-order valence-corrected chi connectivity index (χ0v) is 16.9. The van der Waals surface area contributed by atoms with Crippen molar-refractivity contribution in [1.82, 2.24) is 19.9 Å². The van der Waals surface area contributed by atoms with Gasteiger partial charge >= 0.3 is 0 Å². The Balaban J connectivity index is 1.79. The maximum absolute atomic E-state index is 13.2.